The van der Waals surface area contributed by atoms with E-state index in [4.69, 9.17) is 4.42 Å². The molecule has 2 unspecified atom stereocenters. The van der Waals surface area contributed by atoms with E-state index in [1.807, 2.05) is 6.92 Å². The Labute approximate surface area is 128 Å². The van der Waals surface area contributed by atoms with Gasteiger partial charge in [-0.25, -0.2) is 13.1 Å². The van der Waals surface area contributed by atoms with Crippen molar-refractivity contribution in [1.82, 2.24) is 10.0 Å². The van der Waals surface area contributed by atoms with Crippen molar-refractivity contribution < 1.29 is 12.8 Å². The summed E-state index contributed by atoms with van der Waals surface area (Å²) in [5.74, 6) is 0.996. The van der Waals surface area contributed by atoms with Crippen LogP contribution in [0.4, 0.5) is 0 Å². The lowest BCUT2D eigenvalue weighted by Gasteiger charge is -2.16. The molecule has 0 amide bonds. The van der Waals surface area contributed by atoms with Crippen LogP contribution in [0.25, 0.3) is 0 Å². The first-order valence-corrected chi connectivity index (χ1v) is 9.23. The van der Waals surface area contributed by atoms with E-state index in [9.17, 15) is 8.42 Å². The summed E-state index contributed by atoms with van der Waals surface area (Å²) in [4.78, 5) is 0.185. The summed E-state index contributed by atoms with van der Waals surface area (Å²) in [7, 11) is -3.53. The summed E-state index contributed by atoms with van der Waals surface area (Å²) in [6, 6.07) is 1.60. The molecule has 114 valence electrons. The summed E-state index contributed by atoms with van der Waals surface area (Å²) in [6.07, 6.45) is 3.05. The molecular weight excluding hydrogens is 344 g/mol. The molecule has 20 heavy (non-hydrogen) atoms. The molecule has 0 radical (unpaired) electrons. The number of hydrogen-bond donors (Lipinski definition) is 2. The second-order valence-corrected chi connectivity index (χ2v) is 7.67. The van der Waals surface area contributed by atoms with Crippen molar-refractivity contribution in [3.63, 3.8) is 0 Å². The Kier molecular flexibility index (Phi) is 5.28. The highest BCUT2D eigenvalue weighted by atomic mass is 79.9. The average molecular weight is 365 g/mol. The molecule has 5 nitrogen and oxygen atoms in total. The number of halogens is 1. The first kappa shape index (κ1) is 16.0. The smallest absolute Gasteiger partial charge is 0.245 e. The predicted octanol–water partition coefficient (Wildman–Crippen LogP) is 2.62. The first-order valence-electron chi connectivity index (χ1n) is 6.95. The van der Waals surface area contributed by atoms with Gasteiger partial charge in [0.2, 0.25) is 10.0 Å². The van der Waals surface area contributed by atoms with Gasteiger partial charge in [0.25, 0.3) is 0 Å². The zero-order valence-electron chi connectivity index (χ0n) is 11.8. The van der Waals surface area contributed by atoms with E-state index >= 15 is 0 Å². The van der Waals surface area contributed by atoms with Crippen molar-refractivity contribution in [3.05, 3.63) is 16.5 Å². The maximum atomic E-state index is 12.4. The largest absolute Gasteiger partial charge is 0.452 e. The van der Waals surface area contributed by atoms with Crippen LogP contribution in [0.2, 0.25) is 0 Å². The fourth-order valence-corrected chi connectivity index (χ4v) is 4.88. The molecule has 0 spiro atoms. The minimum Gasteiger partial charge on any atom is -0.452 e. The van der Waals surface area contributed by atoms with Crippen LogP contribution in [-0.4, -0.2) is 21.0 Å². The van der Waals surface area contributed by atoms with Gasteiger partial charge in [-0.05, 0) is 41.2 Å². The zero-order chi connectivity index (χ0) is 14.8. The van der Waals surface area contributed by atoms with Crippen molar-refractivity contribution >= 4 is 26.0 Å². The second-order valence-electron chi connectivity index (χ2n) is 5.27. The minimum absolute atomic E-state index is 0.0269. The van der Waals surface area contributed by atoms with Gasteiger partial charge in [0.05, 0.1) is 6.54 Å². The Balaban J connectivity index is 2.14. The average Bonchev–Trinajstić information content (AvgIpc) is 2.94. The lowest BCUT2D eigenvalue weighted by Crippen LogP contribution is -2.36. The van der Waals surface area contributed by atoms with Gasteiger partial charge in [0.1, 0.15) is 10.7 Å². The van der Waals surface area contributed by atoms with E-state index in [-0.39, 0.29) is 15.6 Å². The third-order valence-electron chi connectivity index (χ3n) is 3.71. The Hall–Kier alpha value is -0.370. The van der Waals surface area contributed by atoms with Crippen LogP contribution in [-0.2, 0) is 16.6 Å². The minimum atomic E-state index is -3.53. The first-order chi connectivity index (χ1) is 9.44. The van der Waals surface area contributed by atoms with Gasteiger partial charge in [-0.15, -0.1) is 0 Å². The quantitative estimate of drug-likeness (QED) is 0.813. The topological polar surface area (TPSA) is 71.3 Å². The van der Waals surface area contributed by atoms with Gasteiger partial charge in [-0.3, -0.25) is 0 Å². The second kappa shape index (κ2) is 6.60. The lowest BCUT2D eigenvalue weighted by molar-refractivity contribution is 0.460. The number of furan rings is 1. The van der Waals surface area contributed by atoms with Crippen molar-refractivity contribution in [2.24, 2.45) is 5.92 Å². The van der Waals surface area contributed by atoms with E-state index in [0.29, 0.717) is 18.2 Å². The summed E-state index contributed by atoms with van der Waals surface area (Å²) in [6.45, 7) is 5.39. The molecule has 2 atom stereocenters. The molecule has 1 fully saturated rings. The molecule has 1 aromatic heterocycles. The number of nitrogens with one attached hydrogen (secondary N) is 2. The molecule has 0 aromatic carbocycles. The van der Waals surface area contributed by atoms with E-state index in [1.54, 1.807) is 6.07 Å². The highest BCUT2D eigenvalue weighted by Gasteiger charge is 2.30. The molecule has 0 saturated heterocycles. The summed E-state index contributed by atoms with van der Waals surface area (Å²) >= 11 is 3.20. The number of sulfonamides is 1. The Morgan fingerprint density at radius 2 is 2.20 bits per heavy atom. The molecule has 0 bridgehead atoms. The van der Waals surface area contributed by atoms with Gasteiger partial charge < -0.3 is 9.73 Å². The third-order valence-corrected chi connectivity index (χ3v) is 6.06. The number of hydrogen-bond acceptors (Lipinski definition) is 4. The maximum absolute atomic E-state index is 12.4. The molecule has 1 saturated carbocycles. The molecule has 1 heterocycles. The maximum Gasteiger partial charge on any atom is 0.245 e. The SMILES string of the molecule is CCNCc1cc(S(=O)(=O)NC2CCCC2C)c(Br)o1. The standard InChI is InChI=1S/C13H21BrN2O3S/c1-3-15-8-10-7-12(13(14)19-10)20(17,18)16-11-6-4-5-9(11)2/h7,9,11,15-16H,3-6,8H2,1-2H3. The monoisotopic (exact) mass is 364 g/mol. The van der Waals surface area contributed by atoms with Gasteiger partial charge >= 0.3 is 0 Å². The Bertz CT molecular complexity index is 556. The van der Waals surface area contributed by atoms with Crippen LogP contribution in [0.1, 0.15) is 38.9 Å². The van der Waals surface area contributed by atoms with Crippen LogP contribution in [0.15, 0.2) is 20.0 Å². The lowest BCUT2D eigenvalue weighted by atomic mass is 10.1. The fraction of sp³-hybridized carbons (Fsp3) is 0.692. The predicted molar refractivity (Wildman–Crippen MR) is 80.9 cm³/mol. The molecule has 7 heteroatoms. The molecule has 1 aliphatic rings. The van der Waals surface area contributed by atoms with Crippen molar-refractivity contribution in [3.8, 4) is 0 Å². The highest BCUT2D eigenvalue weighted by molar-refractivity contribution is 9.10. The van der Waals surface area contributed by atoms with Gasteiger partial charge in [0, 0.05) is 12.1 Å². The van der Waals surface area contributed by atoms with Crippen LogP contribution < -0.4 is 10.0 Å². The molecule has 1 aliphatic carbocycles. The van der Waals surface area contributed by atoms with Crippen LogP contribution in [0, 0.1) is 5.92 Å². The van der Waals surface area contributed by atoms with Crippen LogP contribution >= 0.6 is 15.9 Å². The van der Waals surface area contributed by atoms with E-state index in [2.05, 4.69) is 32.9 Å². The summed E-state index contributed by atoms with van der Waals surface area (Å²) < 4.78 is 33.3. The molecule has 2 N–H and O–H groups in total. The van der Waals surface area contributed by atoms with Gasteiger partial charge in [-0.2, -0.15) is 0 Å². The van der Waals surface area contributed by atoms with Crippen LogP contribution in [0.5, 0.6) is 0 Å². The number of rotatable bonds is 6. The van der Waals surface area contributed by atoms with Crippen molar-refractivity contribution in [2.75, 3.05) is 6.54 Å². The third kappa shape index (κ3) is 3.63. The van der Waals surface area contributed by atoms with E-state index < -0.39 is 10.0 Å². The van der Waals surface area contributed by atoms with E-state index in [0.717, 1.165) is 25.8 Å². The highest BCUT2D eigenvalue weighted by Crippen LogP contribution is 2.30. The summed E-state index contributed by atoms with van der Waals surface area (Å²) in [5, 5.41) is 3.11. The van der Waals surface area contributed by atoms with E-state index in [1.165, 1.54) is 0 Å². The van der Waals surface area contributed by atoms with Gasteiger partial charge in [-0.1, -0.05) is 20.3 Å². The molecule has 2 rings (SSSR count). The Morgan fingerprint density at radius 3 is 2.80 bits per heavy atom. The molecule has 1 aromatic rings. The fourth-order valence-electron chi connectivity index (χ4n) is 2.50. The normalized spacial score (nSPS) is 23.4. The Morgan fingerprint density at radius 1 is 1.45 bits per heavy atom. The van der Waals surface area contributed by atoms with Crippen molar-refractivity contribution in [1.29, 1.82) is 0 Å². The van der Waals surface area contributed by atoms with Gasteiger partial charge in [0.15, 0.2) is 4.67 Å². The van der Waals surface area contributed by atoms with Crippen LogP contribution in [0.3, 0.4) is 0 Å². The molecule has 0 aliphatic heterocycles. The van der Waals surface area contributed by atoms with Crippen molar-refractivity contribution in [2.45, 2.75) is 50.6 Å². The summed E-state index contributed by atoms with van der Waals surface area (Å²) in [5.41, 5.74) is 0. The molecular formula is C13H21BrN2O3S. The zero-order valence-corrected chi connectivity index (χ0v) is 14.2.